The minimum Gasteiger partial charge on any atom is -0.331 e. The van der Waals surface area contributed by atoms with E-state index in [2.05, 4.69) is 15.4 Å². The van der Waals surface area contributed by atoms with Gasteiger partial charge in [0.2, 0.25) is 0 Å². The summed E-state index contributed by atoms with van der Waals surface area (Å²) in [5, 5.41) is 7.43. The Labute approximate surface area is 149 Å². The first kappa shape index (κ1) is 15.9. The molecule has 1 fully saturated rings. The molecule has 128 valence electrons. The van der Waals surface area contributed by atoms with Gasteiger partial charge in [-0.15, -0.1) is 11.3 Å². The quantitative estimate of drug-likeness (QED) is 0.886. The average molecular weight is 366 g/mol. The summed E-state index contributed by atoms with van der Waals surface area (Å²) < 4.78 is 2.67. The number of amides is 2. The number of aromatic nitrogens is 3. The fraction of sp³-hybridized carbons (Fsp3) is 0.562. The smallest absolute Gasteiger partial charge is 0.317 e. The maximum Gasteiger partial charge on any atom is 0.317 e. The zero-order chi connectivity index (χ0) is 16.5. The Kier molecular flexibility index (Phi) is 4.45. The number of urea groups is 1. The highest BCUT2D eigenvalue weighted by Gasteiger charge is 2.29. The second kappa shape index (κ2) is 6.72. The van der Waals surface area contributed by atoms with Crippen LogP contribution in [0.5, 0.6) is 0 Å². The van der Waals surface area contributed by atoms with E-state index in [1.807, 2.05) is 15.6 Å². The third-order valence-corrected chi connectivity index (χ3v) is 6.22. The Bertz CT molecular complexity index is 716. The minimum atomic E-state index is 0.0139. The Morgan fingerprint density at radius 2 is 2.29 bits per heavy atom. The van der Waals surface area contributed by atoms with Gasteiger partial charge in [-0.25, -0.2) is 14.5 Å². The van der Waals surface area contributed by atoms with Crippen LogP contribution in [0.1, 0.15) is 48.2 Å². The summed E-state index contributed by atoms with van der Waals surface area (Å²) in [6.07, 6.45) is 8.43. The van der Waals surface area contributed by atoms with Crippen LogP contribution in [0.2, 0.25) is 4.34 Å². The van der Waals surface area contributed by atoms with Crippen molar-refractivity contribution in [3.63, 3.8) is 0 Å². The van der Waals surface area contributed by atoms with Crippen molar-refractivity contribution >= 4 is 29.0 Å². The molecule has 3 heterocycles. The first-order valence-corrected chi connectivity index (χ1v) is 9.58. The Balaban J connectivity index is 1.43. The van der Waals surface area contributed by atoms with E-state index in [4.69, 9.17) is 11.6 Å². The Morgan fingerprint density at radius 3 is 3.12 bits per heavy atom. The number of carbonyl (C=O) groups is 1. The first-order valence-electron chi connectivity index (χ1n) is 8.38. The molecule has 6 nitrogen and oxygen atoms in total. The summed E-state index contributed by atoms with van der Waals surface area (Å²) in [5.74, 6) is 0. The number of halogens is 1. The lowest BCUT2D eigenvalue weighted by Gasteiger charge is -2.34. The standard InChI is InChI=1S/C16H20ClN5OS/c17-15-7-12-13(4-1-5-14(12)24-15)20-16(23)21-6-2-3-11(8-21)22-10-18-9-19-22/h7,9-11,13H,1-6,8H2,(H,20,23). The highest BCUT2D eigenvalue weighted by Crippen LogP contribution is 2.38. The van der Waals surface area contributed by atoms with Gasteiger partial charge in [-0.1, -0.05) is 11.6 Å². The topological polar surface area (TPSA) is 63.1 Å². The van der Waals surface area contributed by atoms with Crippen molar-refractivity contribution in [3.05, 3.63) is 33.5 Å². The van der Waals surface area contributed by atoms with Gasteiger partial charge in [0, 0.05) is 18.0 Å². The zero-order valence-corrected chi connectivity index (χ0v) is 14.9. The molecule has 0 bridgehead atoms. The van der Waals surface area contributed by atoms with Gasteiger partial charge < -0.3 is 10.2 Å². The zero-order valence-electron chi connectivity index (χ0n) is 13.3. The number of carbonyl (C=O) groups excluding carboxylic acids is 1. The molecular formula is C16H20ClN5OS. The first-order chi connectivity index (χ1) is 11.7. The number of nitrogens with one attached hydrogen (secondary N) is 1. The van der Waals surface area contributed by atoms with Gasteiger partial charge in [0.15, 0.2) is 0 Å². The van der Waals surface area contributed by atoms with E-state index in [0.717, 1.165) is 43.0 Å². The monoisotopic (exact) mass is 365 g/mol. The van der Waals surface area contributed by atoms with E-state index >= 15 is 0 Å². The predicted molar refractivity (Wildman–Crippen MR) is 93.4 cm³/mol. The van der Waals surface area contributed by atoms with Crippen LogP contribution in [0.3, 0.4) is 0 Å². The second-order valence-electron chi connectivity index (χ2n) is 6.44. The van der Waals surface area contributed by atoms with Gasteiger partial charge in [-0.05, 0) is 43.7 Å². The molecule has 1 N–H and O–H groups in total. The maximum atomic E-state index is 12.7. The van der Waals surface area contributed by atoms with Gasteiger partial charge in [0.05, 0.1) is 16.4 Å². The highest BCUT2D eigenvalue weighted by atomic mass is 35.5. The van der Waals surface area contributed by atoms with Crippen LogP contribution in [-0.2, 0) is 6.42 Å². The maximum absolute atomic E-state index is 12.7. The molecule has 2 aromatic rings. The van der Waals surface area contributed by atoms with Crippen LogP contribution in [-0.4, -0.2) is 38.8 Å². The van der Waals surface area contributed by atoms with Crippen molar-refractivity contribution in [2.75, 3.05) is 13.1 Å². The molecule has 24 heavy (non-hydrogen) atoms. The van der Waals surface area contributed by atoms with Crippen molar-refractivity contribution in [1.82, 2.24) is 25.0 Å². The Hall–Kier alpha value is -1.60. The third kappa shape index (κ3) is 3.15. The summed E-state index contributed by atoms with van der Waals surface area (Å²) >= 11 is 7.79. The van der Waals surface area contributed by atoms with Gasteiger partial charge >= 0.3 is 6.03 Å². The molecule has 2 amide bonds. The van der Waals surface area contributed by atoms with Gasteiger partial charge in [-0.3, -0.25) is 0 Å². The number of nitrogens with zero attached hydrogens (tertiary/aromatic N) is 4. The van der Waals surface area contributed by atoms with E-state index in [1.54, 1.807) is 24.0 Å². The lowest BCUT2D eigenvalue weighted by Crippen LogP contribution is -2.47. The van der Waals surface area contributed by atoms with E-state index in [-0.39, 0.29) is 18.1 Å². The molecule has 2 aromatic heterocycles. The number of aryl methyl sites for hydroxylation is 1. The van der Waals surface area contributed by atoms with Crippen LogP contribution < -0.4 is 5.32 Å². The van der Waals surface area contributed by atoms with Crippen molar-refractivity contribution in [2.24, 2.45) is 0 Å². The fourth-order valence-electron chi connectivity index (χ4n) is 3.67. The molecule has 1 aliphatic heterocycles. The van der Waals surface area contributed by atoms with Gasteiger partial charge in [0.1, 0.15) is 12.7 Å². The molecule has 0 radical (unpaired) electrons. The van der Waals surface area contributed by atoms with Crippen molar-refractivity contribution in [3.8, 4) is 0 Å². The average Bonchev–Trinajstić information content (AvgIpc) is 3.24. The van der Waals surface area contributed by atoms with Crippen LogP contribution in [0.4, 0.5) is 4.79 Å². The molecule has 2 atom stereocenters. The number of thiophene rings is 1. The number of fused-ring (bicyclic) bond motifs is 1. The van der Waals surface area contributed by atoms with Crippen molar-refractivity contribution < 1.29 is 4.79 Å². The lowest BCUT2D eigenvalue weighted by molar-refractivity contribution is 0.159. The van der Waals surface area contributed by atoms with Crippen molar-refractivity contribution in [1.29, 1.82) is 0 Å². The molecule has 8 heteroatoms. The molecule has 2 aliphatic rings. The molecule has 0 spiro atoms. The number of rotatable bonds is 2. The van der Waals surface area contributed by atoms with Crippen LogP contribution in [0.15, 0.2) is 18.7 Å². The van der Waals surface area contributed by atoms with E-state index in [9.17, 15) is 4.79 Å². The SMILES string of the molecule is O=C(NC1CCCc2sc(Cl)cc21)N1CCCC(n2cncn2)C1. The van der Waals surface area contributed by atoms with E-state index < -0.39 is 0 Å². The van der Waals surface area contributed by atoms with Crippen LogP contribution >= 0.6 is 22.9 Å². The van der Waals surface area contributed by atoms with E-state index in [1.165, 1.54) is 10.4 Å². The molecule has 2 unspecified atom stereocenters. The number of hydrogen-bond donors (Lipinski definition) is 1. The Morgan fingerprint density at radius 1 is 1.38 bits per heavy atom. The molecular weight excluding hydrogens is 346 g/mol. The molecule has 4 rings (SSSR count). The molecule has 1 aliphatic carbocycles. The summed E-state index contributed by atoms with van der Waals surface area (Å²) in [6.45, 7) is 1.47. The molecule has 1 saturated heterocycles. The predicted octanol–water partition coefficient (Wildman–Crippen LogP) is 3.42. The minimum absolute atomic E-state index is 0.0139. The van der Waals surface area contributed by atoms with Crippen LogP contribution in [0.25, 0.3) is 0 Å². The number of hydrogen-bond acceptors (Lipinski definition) is 4. The third-order valence-electron chi connectivity index (χ3n) is 4.88. The van der Waals surface area contributed by atoms with Gasteiger partial charge in [-0.2, -0.15) is 5.10 Å². The lowest BCUT2D eigenvalue weighted by atomic mass is 9.94. The summed E-state index contributed by atoms with van der Waals surface area (Å²) in [5.41, 5.74) is 1.20. The summed E-state index contributed by atoms with van der Waals surface area (Å²) in [7, 11) is 0. The highest BCUT2D eigenvalue weighted by molar-refractivity contribution is 7.16. The van der Waals surface area contributed by atoms with Gasteiger partial charge in [0.25, 0.3) is 0 Å². The van der Waals surface area contributed by atoms with E-state index in [0.29, 0.717) is 6.54 Å². The fourth-order valence-corrected chi connectivity index (χ4v) is 5.06. The number of piperidine rings is 1. The summed E-state index contributed by atoms with van der Waals surface area (Å²) in [4.78, 5) is 20.0. The second-order valence-corrected chi connectivity index (χ2v) is 8.21. The summed E-state index contributed by atoms with van der Waals surface area (Å²) in [6, 6.07) is 2.32. The largest absolute Gasteiger partial charge is 0.331 e. The normalized spacial score (nSPS) is 23.8. The number of likely N-dealkylation sites (tertiary alicyclic amines) is 1. The molecule has 0 saturated carbocycles. The van der Waals surface area contributed by atoms with Crippen molar-refractivity contribution in [2.45, 2.75) is 44.2 Å². The van der Waals surface area contributed by atoms with Crippen LogP contribution in [0, 0.1) is 0 Å². The molecule has 0 aromatic carbocycles.